The van der Waals surface area contributed by atoms with Crippen molar-refractivity contribution in [3.8, 4) is 0 Å². The molecule has 19 heavy (non-hydrogen) atoms. The highest BCUT2D eigenvalue weighted by molar-refractivity contribution is 7.90. The van der Waals surface area contributed by atoms with Crippen LogP contribution in [0.3, 0.4) is 0 Å². The quantitative estimate of drug-likeness (QED) is 0.754. The van der Waals surface area contributed by atoms with Crippen molar-refractivity contribution in [1.29, 1.82) is 0 Å². The number of nitrogens with one attached hydrogen (secondary N) is 2. The molecule has 0 radical (unpaired) electrons. The predicted octanol–water partition coefficient (Wildman–Crippen LogP) is 0.542. The predicted molar refractivity (Wildman–Crippen MR) is 67.6 cm³/mol. The van der Waals surface area contributed by atoms with Crippen LogP contribution in [0, 0.1) is 0 Å². The zero-order chi connectivity index (χ0) is 13.9. The zero-order valence-corrected chi connectivity index (χ0v) is 10.3. The molecule has 0 fully saturated rings. The summed E-state index contributed by atoms with van der Waals surface area (Å²) < 4.78 is 28.4. The highest BCUT2D eigenvalue weighted by Gasteiger charge is 2.10. The van der Waals surface area contributed by atoms with Gasteiger partial charge >= 0.3 is 0 Å². The van der Waals surface area contributed by atoms with Crippen LogP contribution in [0.4, 0.5) is 11.4 Å². The van der Waals surface area contributed by atoms with Crippen LogP contribution in [-0.4, -0.2) is 19.5 Å². The van der Waals surface area contributed by atoms with Crippen LogP contribution >= 0.6 is 0 Å². The summed E-state index contributed by atoms with van der Waals surface area (Å²) in [5, 5.41) is 10.9. The molecule has 0 spiro atoms. The monoisotopic (exact) mass is 282 g/mol. The fourth-order valence-electron chi connectivity index (χ4n) is 1.35. The Hall–Kier alpha value is -2.39. The van der Waals surface area contributed by atoms with Crippen molar-refractivity contribution >= 4 is 27.5 Å². The number of hydrogen-bond donors (Lipinski definition) is 3. The van der Waals surface area contributed by atoms with Gasteiger partial charge in [-0.1, -0.05) is 11.2 Å². The van der Waals surface area contributed by atoms with Gasteiger partial charge in [0.05, 0.1) is 5.69 Å². The maximum absolute atomic E-state index is 11.7. The Balaban J connectivity index is 2.13. The van der Waals surface area contributed by atoms with Gasteiger partial charge in [-0.15, -0.1) is 0 Å². The smallest absolute Gasteiger partial charge is 0.296 e. The number of aromatic nitrogens is 1. The van der Waals surface area contributed by atoms with E-state index in [1.54, 1.807) is 12.1 Å². The molecule has 0 aliphatic rings. The Morgan fingerprint density at radius 1 is 1.26 bits per heavy atom. The molecule has 0 unspecified atom stereocenters. The number of carbonyl (C=O) groups is 1. The molecule has 0 saturated carbocycles. The number of carbonyl (C=O) groups excluding carboxylic acids is 1. The summed E-state index contributed by atoms with van der Waals surface area (Å²) in [6.45, 7) is 0. The van der Waals surface area contributed by atoms with E-state index in [4.69, 9.17) is 5.14 Å². The van der Waals surface area contributed by atoms with E-state index < -0.39 is 16.1 Å². The summed E-state index contributed by atoms with van der Waals surface area (Å²) in [5.74, 6) is -0.471. The molecule has 2 rings (SSSR count). The Kier molecular flexibility index (Phi) is 3.49. The van der Waals surface area contributed by atoms with Crippen LogP contribution in [0.2, 0.25) is 0 Å². The van der Waals surface area contributed by atoms with Crippen molar-refractivity contribution in [2.75, 3.05) is 10.0 Å². The summed E-state index contributed by atoms with van der Waals surface area (Å²) in [4.78, 5) is 11.7. The molecule has 0 saturated heterocycles. The van der Waals surface area contributed by atoms with E-state index in [-0.39, 0.29) is 11.4 Å². The van der Waals surface area contributed by atoms with E-state index in [9.17, 15) is 13.2 Å². The molecule has 1 aromatic heterocycles. The number of nitrogens with two attached hydrogens (primary N) is 1. The average Bonchev–Trinajstić information content (AvgIpc) is 2.80. The number of hydrogen-bond acceptors (Lipinski definition) is 5. The largest absolute Gasteiger partial charge is 0.364 e. The van der Waals surface area contributed by atoms with Crippen molar-refractivity contribution in [3.05, 3.63) is 42.3 Å². The molecule has 1 aromatic carbocycles. The van der Waals surface area contributed by atoms with Crippen LogP contribution in [0.25, 0.3) is 0 Å². The molecule has 100 valence electrons. The highest BCUT2D eigenvalue weighted by Crippen LogP contribution is 2.16. The fraction of sp³-hybridized carbons (Fsp3) is 0. The van der Waals surface area contributed by atoms with Crippen LogP contribution in [-0.2, 0) is 10.2 Å². The Morgan fingerprint density at radius 2 is 2.00 bits per heavy atom. The lowest BCUT2D eigenvalue weighted by Gasteiger charge is -2.06. The lowest BCUT2D eigenvalue weighted by molar-refractivity contribution is 0.101. The SMILES string of the molecule is NS(=O)(=O)Nc1cccc(NC(=O)c2ccon2)c1. The van der Waals surface area contributed by atoms with Gasteiger partial charge in [0.2, 0.25) is 0 Å². The Bertz CT molecular complexity index is 681. The van der Waals surface area contributed by atoms with Crippen LogP contribution in [0.1, 0.15) is 10.5 Å². The first kappa shape index (κ1) is 13.1. The lowest BCUT2D eigenvalue weighted by Crippen LogP contribution is -2.21. The second-order valence-electron chi connectivity index (χ2n) is 3.57. The first-order chi connectivity index (χ1) is 8.94. The molecule has 1 amide bonds. The average molecular weight is 282 g/mol. The van der Waals surface area contributed by atoms with Gasteiger partial charge in [0.1, 0.15) is 6.26 Å². The molecule has 0 aliphatic carbocycles. The summed E-state index contributed by atoms with van der Waals surface area (Å²) in [5.41, 5.74) is 0.743. The van der Waals surface area contributed by atoms with Crippen molar-refractivity contribution < 1.29 is 17.7 Å². The minimum absolute atomic E-state index is 0.116. The Morgan fingerprint density at radius 3 is 2.63 bits per heavy atom. The third-order valence-electron chi connectivity index (χ3n) is 2.05. The maximum atomic E-state index is 11.7. The van der Waals surface area contributed by atoms with E-state index in [1.165, 1.54) is 24.5 Å². The number of nitrogens with zero attached hydrogens (tertiary/aromatic N) is 1. The standard InChI is InChI=1S/C10H10N4O4S/c11-19(16,17)14-8-3-1-2-7(6-8)12-10(15)9-4-5-18-13-9/h1-6,14H,(H,12,15)(H2,11,16,17). The van der Waals surface area contributed by atoms with Gasteiger partial charge in [-0.05, 0) is 18.2 Å². The highest BCUT2D eigenvalue weighted by atomic mass is 32.2. The van der Waals surface area contributed by atoms with E-state index in [2.05, 4.69) is 19.7 Å². The van der Waals surface area contributed by atoms with E-state index in [0.717, 1.165) is 0 Å². The van der Waals surface area contributed by atoms with Crippen molar-refractivity contribution in [2.24, 2.45) is 5.14 Å². The molecular weight excluding hydrogens is 272 g/mol. The molecule has 0 bridgehead atoms. The molecule has 8 nitrogen and oxygen atoms in total. The molecule has 0 atom stereocenters. The molecule has 2 aromatic rings. The van der Waals surface area contributed by atoms with E-state index >= 15 is 0 Å². The molecule has 1 heterocycles. The lowest BCUT2D eigenvalue weighted by atomic mass is 10.2. The topological polar surface area (TPSA) is 127 Å². The summed E-state index contributed by atoms with van der Waals surface area (Å²) >= 11 is 0. The second kappa shape index (κ2) is 5.08. The van der Waals surface area contributed by atoms with Crippen molar-refractivity contribution in [2.45, 2.75) is 0 Å². The van der Waals surface area contributed by atoms with Crippen LogP contribution < -0.4 is 15.2 Å². The molecule has 0 aliphatic heterocycles. The zero-order valence-electron chi connectivity index (χ0n) is 9.53. The van der Waals surface area contributed by atoms with Gasteiger partial charge in [0.25, 0.3) is 16.1 Å². The number of benzene rings is 1. The van der Waals surface area contributed by atoms with Crippen LogP contribution in [0.5, 0.6) is 0 Å². The number of amides is 1. The normalized spacial score (nSPS) is 11.0. The summed E-state index contributed by atoms with van der Waals surface area (Å²) in [6, 6.07) is 7.47. The van der Waals surface area contributed by atoms with E-state index in [0.29, 0.717) is 5.69 Å². The van der Waals surface area contributed by atoms with Gasteiger partial charge in [0.15, 0.2) is 5.69 Å². The summed E-state index contributed by atoms with van der Waals surface area (Å²) in [7, 11) is -3.86. The minimum Gasteiger partial charge on any atom is -0.364 e. The first-order valence-corrected chi connectivity index (χ1v) is 6.61. The van der Waals surface area contributed by atoms with Crippen LogP contribution in [0.15, 0.2) is 41.1 Å². The van der Waals surface area contributed by atoms with E-state index in [1.807, 2.05) is 0 Å². The molecule has 4 N–H and O–H groups in total. The van der Waals surface area contributed by atoms with Crippen molar-refractivity contribution in [1.82, 2.24) is 5.16 Å². The number of anilines is 2. The third kappa shape index (κ3) is 3.79. The minimum atomic E-state index is -3.86. The van der Waals surface area contributed by atoms with Gasteiger partial charge in [-0.3, -0.25) is 9.52 Å². The van der Waals surface area contributed by atoms with Gasteiger partial charge in [-0.2, -0.15) is 8.42 Å². The van der Waals surface area contributed by atoms with Gasteiger partial charge < -0.3 is 9.84 Å². The van der Waals surface area contributed by atoms with Gasteiger partial charge in [0, 0.05) is 11.8 Å². The summed E-state index contributed by atoms with van der Waals surface area (Å²) in [6.07, 6.45) is 1.27. The first-order valence-electron chi connectivity index (χ1n) is 5.06. The number of rotatable bonds is 4. The Labute approximate surface area is 108 Å². The molecule has 9 heteroatoms. The fourth-order valence-corrected chi connectivity index (χ4v) is 1.80. The maximum Gasteiger partial charge on any atom is 0.296 e. The third-order valence-corrected chi connectivity index (χ3v) is 2.57. The van der Waals surface area contributed by atoms with Crippen molar-refractivity contribution in [3.63, 3.8) is 0 Å². The van der Waals surface area contributed by atoms with Gasteiger partial charge in [-0.25, -0.2) is 5.14 Å². The second-order valence-corrected chi connectivity index (χ2v) is 4.86. The molecular formula is C10H10N4O4S.